The van der Waals surface area contributed by atoms with Gasteiger partial charge in [0.2, 0.25) is 5.71 Å². The summed E-state index contributed by atoms with van der Waals surface area (Å²) in [7, 11) is 1.20. The molecule has 0 aromatic carbocycles. The van der Waals surface area contributed by atoms with Gasteiger partial charge in [0.15, 0.2) is 0 Å². The van der Waals surface area contributed by atoms with Gasteiger partial charge in [-0.25, -0.2) is 9.78 Å². The van der Waals surface area contributed by atoms with Gasteiger partial charge >= 0.3 is 5.97 Å². The molecule has 0 saturated carbocycles. The van der Waals surface area contributed by atoms with E-state index in [1.165, 1.54) is 13.2 Å². The number of anilines is 1. The summed E-state index contributed by atoms with van der Waals surface area (Å²) in [6.45, 7) is 0. The molecule has 0 amide bonds. The van der Waals surface area contributed by atoms with Gasteiger partial charge in [0.25, 0.3) is 0 Å². The van der Waals surface area contributed by atoms with Crippen molar-refractivity contribution >= 4 is 40.7 Å². The molecule has 16 heavy (non-hydrogen) atoms. The van der Waals surface area contributed by atoms with Crippen molar-refractivity contribution in [2.45, 2.75) is 0 Å². The molecule has 1 aromatic heterocycles. The minimum Gasteiger partial charge on any atom is -0.476 e. The van der Waals surface area contributed by atoms with Crippen molar-refractivity contribution in [1.29, 1.82) is 0 Å². The highest BCUT2D eigenvalue weighted by atomic mass is 35.5. The molecule has 0 aliphatic rings. The smallest absolute Gasteiger partial charge is 0.360 e. The Bertz CT molecular complexity index is 462. The topological polar surface area (TPSA) is 97.8 Å². The van der Waals surface area contributed by atoms with E-state index in [1.54, 1.807) is 0 Å². The van der Waals surface area contributed by atoms with Crippen molar-refractivity contribution in [2.75, 3.05) is 12.8 Å². The van der Waals surface area contributed by atoms with E-state index in [2.05, 4.69) is 15.0 Å². The predicted molar refractivity (Wildman–Crippen MR) is 59.9 cm³/mol. The van der Waals surface area contributed by atoms with Gasteiger partial charge in [0.1, 0.15) is 18.6 Å². The maximum absolute atomic E-state index is 10.9. The fraction of sp³-hybridized carbons (Fsp3) is 0.125. The molecule has 6 nitrogen and oxygen atoms in total. The zero-order chi connectivity index (χ0) is 12.3. The molecule has 3 N–H and O–H groups in total. The Morgan fingerprint density at radius 3 is 2.69 bits per heavy atom. The minimum absolute atomic E-state index is 0.0254. The van der Waals surface area contributed by atoms with Gasteiger partial charge in [-0.15, -0.1) is 0 Å². The molecule has 1 aromatic rings. The number of halogens is 2. The summed E-state index contributed by atoms with van der Waals surface area (Å²) in [6.07, 6.45) is 0. The van der Waals surface area contributed by atoms with E-state index in [-0.39, 0.29) is 21.6 Å². The zero-order valence-corrected chi connectivity index (χ0v) is 9.58. The molecule has 0 saturated heterocycles. The van der Waals surface area contributed by atoms with E-state index in [4.69, 9.17) is 34.0 Å². The molecule has 8 heteroatoms. The lowest BCUT2D eigenvalue weighted by Crippen LogP contribution is -2.17. The number of nitrogens with two attached hydrogens (primary N) is 1. The third-order valence-electron chi connectivity index (χ3n) is 1.57. The van der Waals surface area contributed by atoms with Crippen molar-refractivity contribution < 1.29 is 14.7 Å². The quantitative estimate of drug-likeness (QED) is 0.635. The Morgan fingerprint density at radius 2 is 2.19 bits per heavy atom. The number of carboxylic acid groups (broad SMARTS) is 1. The van der Waals surface area contributed by atoms with Crippen LogP contribution in [0.25, 0.3) is 0 Å². The average Bonchev–Trinajstić information content (AvgIpc) is 2.20. The van der Waals surface area contributed by atoms with Gasteiger partial charge in [-0.3, -0.25) is 0 Å². The number of oxime groups is 1. The molecule has 0 spiro atoms. The van der Waals surface area contributed by atoms with Gasteiger partial charge < -0.3 is 15.7 Å². The summed E-state index contributed by atoms with van der Waals surface area (Å²) in [5.41, 5.74) is 4.89. The van der Waals surface area contributed by atoms with Crippen LogP contribution >= 0.6 is 23.2 Å². The second-order valence-electron chi connectivity index (χ2n) is 2.61. The van der Waals surface area contributed by atoms with Gasteiger partial charge in [-0.2, -0.15) is 0 Å². The third-order valence-corrected chi connectivity index (χ3v) is 2.16. The molecule has 0 radical (unpaired) electrons. The van der Waals surface area contributed by atoms with Crippen LogP contribution in [-0.4, -0.2) is 28.9 Å². The molecule has 1 heterocycles. The second kappa shape index (κ2) is 5.00. The number of aromatic nitrogens is 1. The molecule has 0 aliphatic heterocycles. The second-order valence-corrected chi connectivity index (χ2v) is 3.43. The highest BCUT2D eigenvalue weighted by molar-refractivity contribution is 6.47. The van der Waals surface area contributed by atoms with Crippen LogP contribution in [0.2, 0.25) is 10.0 Å². The van der Waals surface area contributed by atoms with Crippen LogP contribution in [0.3, 0.4) is 0 Å². The van der Waals surface area contributed by atoms with Crippen LogP contribution < -0.4 is 5.73 Å². The number of pyridine rings is 1. The SMILES string of the molecule is CO/N=C(\C(=O)O)c1nc(N)c(Cl)cc1Cl. The predicted octanol–water partition coefficient (Wildman–Crippen LogP) is 1.41. The number of nitrogen functional groups attached to an aromatic ring is 1. The lowest BCUT2D eigenvalue weighted by molar-refractivity contribution is -0.129. The highest BCUT2D eigenvalue weighted by Gasteiger charge is 2.20. The molecule has 86 valence electrons. The van der Waals surface area contributed by atoms with Crippen LogP contribution in [0, 0.1) is 0 Å². The Kier molecular flexibility index (Phi) is 3.92. The van der Waals surface area contributed by atoms with Crippen molar-refractivity contribution in [1.82, 2.24) is 4.98 Å². The number of rotatable bonds is 3. The first-order valence-corrected chi connectivity index (χ1v) is 4.69. The van der Waals surface area contributed by atoms with Crippen molar-refractivity contribution in [2.24, 2.45) is 5.16 Å². The Morgan fingerprint density at radius 1 is 1.56 bits per heavy atom. The number of hydrogen-bond acceptors (Lipinski definition) is 5. The van der Waals surface area contributed by atoms with E-state index in [9.17, 15) is 4.79 Å². The Labute approximate surface area is 101 Å². The van der Waals surface area contributed by atoms with Crippen LogP contribution in [0.1, 0.15) is 5.69 Å². The zero-order valence-electron chi connectivity index (χ0n) is 8.07. The first-order chi connectivity index (χ1) is 7.47. The lowest BCUT2D eigenvalue weighted by atomic mass is 10.2. The van der Waals surface area contributed by atoms with Crippen molar-refractivity contribution in [3.05, 3.63) is 21.8 Å². The molecule has 0 aliphatic carbocycles. The maximum atomic E-state index is 10.9. The monoisotopic (exact) mass is 263 g/mol. The number of hydrogen-bond donors (Lipinski definition) is 2. The Hall–Kier alpha value is -1.53. The first-order valence-electron chi connectivity index (χ1n) is 3.93. The Balaban J connectivity index is 3.36. The lowest BCUT2D eigenvalue weighted by Gasteiger charge is -2.05. The van der Waals surface area contributed by atoms with Crippen LogP contribution in [0.5, 0.6) is 0 Å². The molecule has 1 rings (SSSR count). The molecule has 0 fully saturated rings. The molecular weight excluding hydrogens is 257 g/mol. The number of carbonyl (C=O) groups is 1. The van der Waals surface area contributed by atoms with E-state index >= 15 is 0 Å². The van der Waals surface area contributed by atoms with E-state index in [0.717, 1.165) is 0 Å². The van der Waals surface area contributed by atoms with Gasteiger partial charge in [-0.05, 0) is 6.07 Å². The summed E-state index contributed by atoms with van der Waals surface area (Å²) >= 11 is 11.4. The summed E-state index contributed by atoms with van der Waals surface area (Å²) in [5, 5.41) is 12.3. The molecule has 0 unspecified atom stereocenters. The molecular formula is C8H7Cl2N3O3. The first kappa shape index (κ1) is 12.5. The summed E-state index contributed by atoms with van der Waals surface area (Å²) in [5.74, 6) is -1.37. The number of aliphatic carboxylic acids is 1. The third kappa shape index (κ3) is 2.53. The molecule has 0 atom stereocenters. The number of carboxylic acids is 1. The largest absolute Gasteiger partial charge is 0.476 e. The minimum atomic E-state index is -1.34. The van der Waals surface area contributed by atoms with Gasteiger partial charge in [-0.1, -0.05) is 28.4 Å². The van der Waals surface area contributed by atoms with Gasteiger partial charge in [0, 0.05) is 0 Å². The molecule has 0 bridgehead atoms. The standard InChI is InChI=1S/C8H7Cl2N3O3/c1-16-13-6(8(14)15)5-3(9)2-4(10)7(11)12-5/h2H,1H3,(H2,11,12)(H,14,15)/b13-6-. The van der Waals surface area contributed by atoms with Crippen LogP contribution in [0.15, 0.2) is 11.2 Å². The van der Waals surface area contributed by atoms with Crippen LogP contribution in [-0.2, 0) is 9.63 Å². The van der Waals surface area contributed by atoms with E-state index in [1.807, 2.05) is 0 Å². The summed E-state index contributed by atoms with van der Waals surface area (Å²) in [4.78, 5) is 19.0. The maximum Gasteiger partial charge on any atom is 0.360 e. The van der Waals surface area contributed by atoms with Crippen molar-refractivity contribution in [3.8, 4) is 0 Å². The summed E-state index contributed by atoms with van der Waals surface area (Å²) in [6, 6.07) is 1.29. The normalized spacial score (nSPS) is 11.3. The highest BCUT2D eigenvalue weighted by Crippen LogP contribution is 2.24. The van der Waals surface area contributed by atoms with Crippen molar-refractivity contribution in [3.63, 3.8) is 0 Å². The average molecular weight is 264 g/mol. The van der Waals surface area contributed by atoms with E-state index in [0.29, 0.717) is 0 Å². The fourth-order valence-corrected chi connectivity index (χ4v) is 1.37. The fourth-order valence-electron chi connectivity index (χ4n) is 0.922. The van der Waals surface area contributed by atoms with Gasteiger partial charge in [0.05, 0.1) is 10.0 Å². The van der Waals surface area contributed by atoms with Crippen LogP contribution in [0.4, 0.5) is 5.82 Å². The van der Waals surface area contributed by atoms with E-state index < -0.39 is 11.7 Å². The summed E-state index contributed by atoms with van der Waals surface area (Å²) < 4.78 is 0. The number of nitrogens with zero attached hydrogens (tertiary/aromatic N) is 2.